The van der Waals surface area contributed by atoms with Gasteiger partial charge in [0.25, 0.3) is 5.91 Å². The average Bonchev–Trinajstić information content (AvgIpc) is 2.40. The van der Waals surface area contributed by atoms with Gasteiger partial charge in [0.05, 0.1) is 5.56 Å². The lowest BCUT2D eigenvalue weighted by molar-refractivity contribution is -0.140. The van der Waals surface area contributed by atoms with E-state index in [2.05, 4.69) is 10.6 Å². The standard InChI is InChI=1S/C13H12F4N2O2/c14-10-3-1-7(5-9(10)13(15,16)17)12(21)19-8-2-4-11(20)18-6-8/h1,3,5,8H,2,4,6H2,(H,18,20)(H,19,21). The predicted octanol–water partition coefficient (Wildman–Crippen LogP) is 1.85. The summed E-state index contributed by atoms with van der Waals surface area (Å²) in [6, 6.07) is 1.72. The number of hydrogen-bond donors (Lipinski definition) is 2. The van der Waals surface area contributed by atoms with Crippen molar-refractivity contribution in [3.8, 4) is 0 Å². The van der Waals surface area contributed by atoms with Gasteiger partial charge < -0.3 is 10.6 Å². The van der Waals surface area contributed by atoms with Gasteiger partial charge in [-0.25, -0.2) is 4.39 Å². The van der Waals surface area contributed by atoms with Crippen LogP contribution in [0.1, 0.15) is 28.8 Å². The minimum Gasteiger partial charge on any atom is -0.354 e. The Hall–Kier alpha value is -2.12. The highest BCUT2D eigenvalue weighted by Crippen LogP contribution is 2.31. The van der Waals surface area contributed by atoms with E-state index in [1.165, 1.54) is 0 Å². The van der Waals surface area contributed by atoms with E-state index in [4.69, 9.17) is 0 Å². The van der Waals surface area contributed by atoms with Crippen LogP contribution in [0, 0.1) is 5.82 Å². The summed E-state index contributed by atoms with van der Waals surface area (Å²) < 4.78 is 50.9. The number of rotatable bonds is 2. The number of carbonyl (C=O) groups excluding carboxylic acids is 2. The maximum atomic E-state index is 13.1. The Bertz CT molecular complexity index is 562. The van der Waals surface area contributed by atoms with E-state index in [0.717, 1.165) is 6.07 Å². The molecule has 1 fully saturated rings. The Morgan fingerprint density at radius 3 is 2.62 bits per heavy atom. The first-order chi connectivity index (χ1) is 9.77. The van der Waals surface area contributed by atoms with Crippen molar-refractivity contribution in [1.82, 2.24) is 10.6 Å². The molecule has 114 valence electrons. The number of piperidine rings is 1. The molecule has 1 unspecified atom stereocenters. The highest BCUT2D eigenvalue weighted by atomic mass is 19.4. The predicted molar refractivity (Wildman–Crippen MR) is 64.9 cm³/mol. The SMILES string of the molecule is O=C1CCC(NC(=O)c2ccc(F)c(C(F)(F)F)c2)CN1. The summed E-state index contributed by atoms with van der Waals surface area (Å²) in [5, 5.41) is 5.05. The van der Waals surface area contributed by atoms with Gasteiger partial charge in [-0.1, -0.05) is 0 Å². The zero-order valence-corrected chi connectivity index (χ0v) is 10.8. The van der Waals surface area contributed by atoms with Crippen molar-refractivity contribution >= 4 is 11.8 Å². The number of carbonyl (C=O) groups is 2. The Labute approximate surface area is 117 Å². The summed E-state index contributed by atoms with van der Waals surface area (Å²) in [6.45, 7) is 0.220. The fourth-order valence-corrected chi connectivity index (χ4v) is 2.01. The summed E-state index contributed by atoms with van der Waals surface area (Å²) in [4.78, 5) is 22.8. The van der Waals surface area contributed by atoms with Crippen molar-refractivity contribution in [2.75, 3.05) is 6.54 Å². The molecule has 21 heavy (non-hydrogen) atoms. The summed E-state index contributed by atoms with van der Waals surface area (Å²) >= 11 is 0. The topological polar surface area (TPSA) is 58.2 Å². The van der Waals surface area contributed by atoms with Crippen LogP contribution in [0.5, 0.6) is 0 Å². The molecule has 0 spiro atoms. The number of benzene rings is 1. The summed E-state index contributed by atoms with van der Waals surface area (Å²) in [5.41, 5.74) is -1.76. The van der Waals surface area contributed by atoms with Gasteiger partial charge in [-0.05, 0) is 24.6 Å². The number of nitrogens with one attached hydrogen (secondary N) is 2. The van der Waals surface area contributed by atoms with Crippen LogP contribution in [0.15, 0.2) is 18.2 Å². The first-order valence-electron chi connectivity index (χ1n) is 6.21. The lowest BCUT2D eigenvalue weighted by Gasteiger charge is -2.23. The van der Waals surface area contributed by atoms with Crippen molar-refractivity contribution in [2.45, 2.75) is 25.1 Å². The molecular weight excluding hydrogens is 292 g/mol. The van der Waals surface area contributed by atoms with Crippen LogP contribution in [0.25, 0.3) is 0 Å². The van der Waals surface area contributed by atoms with Crippen molar-refractivity contribution in [3.63, 3.8) is 0 Å². The quantitative estimate of drug-likeness (QED) is 0.819. The Morgan fingerprint density at radius 2 is 2.05 bits per heavy atom. The fraction of sp³-hybridized carbons (Fsp3) is 0.385. The van der Waals surface area contributed by atoms with Gasteiger partial charge in [0.1, 0.15) is 5.82 Å². The summed E-state index contributed by atoms with van der Waals surface area (Å²) in [6.07, 6.45) is -4.22. The summed E-state index contributed by atoms with van der Waals surface area (Å²) in [5.74, 6) is -2.30. The second-order valence-electron chi connectivity index (χ2n) is 4.71. The minimum absolute atomic E-state index is 0.137. The maximum absolute atomic E-state index is 13.1. The smallest absolute Gasteiger partial charge is 0.354 e. The van der Waals surface area contributed by atoms with E-state index >= 15 is 0 Å². The molecule has 0 saturated carbocycles. The number of halogens is 4. The van der Waals surface area contributed by atoms with E-state index in [1.54, 1.807) is 0 Å². The van der Waals surface area contributed by atoms with E-state index < -0.39 is 23.5 Å². The van der Waals surface area contributed by atoms with Crippen LogP contribution in [-0.2, 0) is 11.0 Å². The van der Waals surface area contributed by atoms with Gasteiger partial charge in [0.2, 0.25) is 5.91 Å². The Kier molecular flexibility index (Phi) is 4.15. The van der Waals surface area contributed by atoms with Gasteiger partial charge in [-0.3, -0.25) is 9.59 Å². The van der Waals surface area contributed by atoms with Crippen molar-refractivity contribution in [1.29, 1.82) is 0 Å². The highest BCUT2D eigenvalue weighted by Gasteiger charge is 2.34. The molecule has 0 bridgehead atoms. The minimum atomic E-state index is -4.86. The monoisotopic (exact) mass is 304 g/mol. The maximum Gasteiger partial charge on any atom is 0.419 e. The third kappa shape index (κ3) is 3.71. The molecule has 1 aliphatic heterocycles. The van der Waals surface area contributed by atoms with Crippen LogP contribution in [0.2, 0.25) is 0 Å². The van der Waals surface area contributed by atoms with E-state index in [1.807, 2.05) is 0 Å². The van der Waals surface area contributed by atoms with Crippen molar-refractivity contribution in [2.24, 2.45) is 0 Å². The first-order valence-corrected chi connectivity index (χ1v) is 6.21. The molecule has 1 heterocycles. The molecular formula is C13H12F4N2O2. The second-order valence-corrected chi connectivity index (χ2v) is 4.71. The molecule has 4 nitrogen and oxygen atoms in total. The van der Waals surface area contributed by atoms with Crippen LogP contribution in [-0.4, -0.2) is 24.4 Å². The van der Waals surface area contributed by atoms with Crippen LogP contribution in [0.3, 0.4) is 0 Å². The van der Waals surface area contributed by atoms with Gasteiger partial charge >= 0.3 is 6.18 Å². The molecule has 2 N–H and O–H groups in total. The molecule has 1 aromatic carbocycles. The molecule has 8 heteroatoms. The lowest BCUT2D eigenvalue weighted by Crippen LogP contribution is -2.47. The molecule has 2 amide bonds. The number of amides is 2. The molecule has 1 saturated heterocycles. The molecule has 0 aliphatic carbocycles. The van der Waals surface area contributed by atoms with E-state index in [9.17, 15) is 27.2 Å². The second kappa shape index (κ2) is 5.71. The Morgan fingerprint density at radius 1 is 1.33 bits per heavy atom. The lowest BCUT2D eigenvalue weighted by atomic mass is 10.1. The van der Waals surface area contributed by atoms with E-state index in [0.29, 0.717) is 18.6 Å². The van der Waals surface area contributed by atoms with Crippen molar-refractivity contribution in [3.05, 3.63) is 35.1 Å². The zero-order valence-electron chi connectivity index (χ0n) is 10.8. The third-order valence-electron chi connectivity index (χ3n) is 3.13. The van der Waals surface area contributed by atoms with Crippen LogP contribution < -0.4 is 10.6 Å². The van der Waals surface area contributed by atoms with Gasteiger partial charge in [-0.15, -0.1) is 0 Å². The average molecular weight is 304 g/mol. The first kappa shape index (κ1) is 15.3. The highest BCUT2D eigenvalue weighted by molar-refractivity contribution is 5.94. The molecule has 0 radical (unpaired) electrons. The molecule has 1 atom stereocenters. The van der Waals surface area contributed by atoms with Gasteiger partial charge in [-0.2, -0.15) is 13.2 Å². The number of hydrogen-bond acceptors (Lipinski definition) is 2. The third-order valence-corrected chi connectivity index (χ3v) is 3.13. The summed E-state index contributed by atoms with van der Waals surface area (Å²) in [7, 11) is 0. The molecule has 0 aromatic heterocycles. The molecule has 1 aliphatic rings. The van der Waals surface area contributed by atoms with Gasteiger partial charge in [0.15, 0.2) is 0 Å². The molecule has 1 aromatic rings. The Balaban J connectivity index is 2.11. The zero-order chi connectivity index (χ0) is 15.6. The van der Waals surface area contributed by atoms with Crippen LogP contribution >= 0.6 is 0 Å². The van der Waals surface area contributed by atoms with E-state index in [-0.39, 0.29) is 30.5 Å². The van der Waals surface area contributed by atoms with Gasteiger partial charge in [0, 0.05) is 24.6 Å². The molecule has 2 rings (SSSR count). The van der Waals surface area contributed by atoms with Crippen LogP contribution in [0.4, 0.5) is 17.6 Å². The normalized spacial score (nSPS) is 19.0. The largest absolute Gasteiger partial charge is 0.419 e. The van der Waals surface area contributed by atoms with Crippen molar-refractivity contribution < 1.29 is 27.2 Å². The fourth-order valence-electron chi connectivity index (χ4n) is 2.01. The number of alkyl halides is 3.